The first-order valence-electron chi connectivity index (χ1n) is 9.09. The fraction of sp³-hybridized carbons (Fsp3) is 0.286. The highest BCUT2D eigenvalue weighted by Gasteiger charge is 2.26. The molecule has 2 heterocycles. The van der Waals surface area contributed by atoms with Gasteiger partial charge in [-0.3, -0.25) is 4.79 Å². The third-order valence-electron chi connectivity index (χ3n) is 5.37. The SMILES string of the molecule is CS(=O)(=O)c1ccc(C(=O)N2CCC(c3c[nH]c4ccccc34)CC2)cc1. The van der Waals surface area contributed by atoms with E-state index in [0.717, 1.165) is 18.4 Å². The van der Waals surface area contributed by atoms with E-state index in [4.69, 9.17) is 0 Å². The van der Waals surface area contributed by atoms with Crippen LogP contribution in [0.25, 0.3) is 10.9 Å². The molecule has 0 atom stereocenters. The molecule has 0 radical (unpaired) electrons. The number of sulfone groups is 1. The number of piperidine rings is 1. The standard InChI is InChI=1S/C21H22N2O3S/c1-27(25,26)17-8-6-16(7-9-17)21(24)23-12-10-15(11-13-23)19-14-22-20-5-3-2-4-18(19)20/h2-9,14-15,22H,10-13H2,1H3. The molecule has 0 aliphatic carbocycles. The Balaban J connectivity index is 1.45. The average Bonchev–Trinajstić information content (AvgIpc) is 3.11. The van der Waals surface area contributed by atoms with Gasteiger partial charge in [0, 0.05) is 42.0 Å². The van der Waals surface area contributed by atoms with Crippen LogP contribution in [0.3, 0.4) is 0 Å². The molecule has 1 aromatic heterocycles. The first-order chi connectivity index (χ1) is 12.9. The largest absolute Gasteiger partial charge is 0.361 e. The summed E-state index contributed by atoms with van der Waals surface area (Å²) in [5.41, 5.74) is 3.01. The van der Waals surface area contributed by atoms with Gasteiger partial charge in [-0.2, -0.15) is 0 Å². The second-order valence-corrected chi connectivity index (χ2v) is 9.17. The zero-order valence-electron chi connectivity index (χ0n) is 15.2. The van der Waals surface area contributed by atoms with E-state index in [1.54, 1.807) is 12.1 Å². The van der Waals surface area contributed by atoms with Crippen LogP contribution in [-0.2, 0) is 9.84 Å². The number of rotatable bonds is 3. The number of aromatic amines is 1. The van der Waals surface area contributed by atoms with E-state index in [0.29, 0.717) is 24.6 Å². The number of amides is 1. The number of H-pyrrole nitrogens is 1. The lowest BCUT2D eigenvalue weighted by atomic mass is 9.89. The molecule has 2 aromatic carbocycles. The highest BCUT2D eigenvalue weighted by Crippen LogP contribution is 2.33. The van der Waals surface area contributed by atoms with E-state index in [9.17, 15) is 13.2 Å². The number of nitrogens with zero attached hydrogens (tertiary/aromatic N) is 1. The minimum Gasteiger partial charge on any atom is -0.361 e. The first-order valence-corrected chi connectivity index (χ1v) is 11.0. The summed E-state index contributed by atoms with van der Waals surface area (Å²) in [5, 5.41) is 1.26. The Morgan fingerprint density at radius 2 is 1.70 bits per heavy atom. The maximum absolute atomic E-state index is 12.7. The molecule has 4 rings (SSSR count). The number of likely N-dealkylation sites (tertiary alicyclic amines) is 1. The van der Waals surface area contributed by atoms with Gasteiger partial charge in [0.05, 0.1) is 4.90 Å². The summed E-state index contributed by atoms with van der Waals surface area (Å²) in [7, 11) is -3.25. The smallest absolute Gasteiger partial charge is 0.253 e. The summed E-state index contributed by atoms with van der Waals surface area (Å²) < 4.78 is 23.1. The van der Waals surface area contributed by atoms with E-state index >= 15 is 0 Å². The molecule has 1 aliphatic rings. The van der Waals surface area contributed by atoms with E-state index in [1.807, 2.05) is 11.0 Å². The Kier molecular flexibility index (Phi) is 4.52. The van der Waals surface area contributed by atoms with E-state index in [2.05, 4.69) is 29.4 Å². The van der Waals surface area contributed by atoms with Crippen LogP contribution in [-0.4, -0.2) is 43.6 Å². The summed E-state index contributed by atoms with van der Waals surface area (Å²) >= 11 is 0. The molecule has 140 valence electrons. The Hall–Kier alpha value is -2.60. The van der Waals surface area contributed by atoms with Crippen molar-refractivity contribution in [2.45, 2.75) is 23.7 Å². The third kappa shape index (κ3) is 3.49. The quantitative estimate of drug-likeness (QED) is 0.752. The fourth-order valence-corrected chi connectivity index (χ4v) is 4.48. The summed E-state index contributed by atoms with van der Waals surface area (Å²) in [4.78, 5) is 18.2. The lowest BCUT2D eigenvalue weighted by Crippen LogP contribution is -2.37. The zero-order valence-corrected chi connectivity index (χ0v) is 16.0. The van der Waals surface area contributed by atoms with Crippen molar-refractivity contribution >= 4 is 26.6 Å². The van der Waals surface area contributed by atoms with Gasteiger partial charge < -0.3 is 9.88 Å². The number of nitrogens with one attached hydrogen (secondary N) is 1. The molecule has 27 heavy (non-hydrogen) atoms. The normalized spacial score (nSPS) is 16.0. The lowest BCUT2D eigenvalue weighted by Gasteiger charge is -2.32. The predicted octanol–water partition coefficient (Wildman–Crippen LogP) is 3.59. The van der Waals surface area contributed by atoms with Crippen molar-refractivity contribution in [3.05, 3.63) is 65.9 Å². The number of carbonyl (C=O) groups is 1. The minimum atomic E-state index is -3.25. The van der Waals surface area contributed by atoms with Crippen LogP contribution in [0, 0.1) is 0 Å². The highest BCUT2D eigenvalue weighted by atomic mass is 32.2. The van der Waals surface area contributed by atoms with Crippen molar-refractivity contribution in [1.29, 1.82) is 0 Å². The monoisotopic (exact) mass is 382 g/mol. The van der Waals surface area contributed by atoms with Crippen molar-refractivity contribution in [1.82, 2.24) is 9.88 Å². The number of hydrogen-bond acceptors (Lipinski definition) is 3. The first kappa shape index (κ1) is 17.8. The predicted molar refractivity (Wildman–Crippen MR) is 106 cm³/mol. The number of benzene rings is 2. The molecule has 0 saturated carbocycles. The van der Waals surface area contributed by atoms with Crippen LogP contribution in [0.15, 0.2) is 59.6 Å². The van der Waals surface area contributed by atoms with E-state index < -0.39 is 9.84 Å². The van der Waals surface area contributed by atoms with Crippen LogP contribution in [0.5, 0.6) is 0 Å². The molecule has 1 amide bonds. The molecule has 5 nitrogen and oxygen atoms in total. The molecule has 3 aromatic rings. The fourth-order valence-electron chi connectivity index (χ4n) is 3.85. The molecule has 1 aliphatic heterocycles. The molecular formula is C21H22N2O3S. The Bertz CT molecular complexity index is 1080. The highest BCUT2D eigenvalue weighted by molar-refractivity contribution is 7.90. The Labute approximate surface area is 158 Å². The van der Waals surface area contributed by atoms with E-state index in [-0.39, 0.29) is 10.8 Å². The molecule has 0 bridgehead atoms. The van der Waals surface area contributed by atoms with Gasteiger partial charge in [0.15, 0.2) is 9.84 Å². The topological polar surface area (TPSA) is 70.2 Å². The van der Waals surface area contributed by atoms with Gasteiger partial charge in [-0.25, -0.2) is 8.42 Å². The van der Waals surface area contributed by atoms with Gasteiger partial charge in [0.1, 0.15) is 0 Å². The van der Waals surface area contributed by atoms with Crippen LogP contribution in [0.4, 0.5) is 0 Å². The van der Waals surface area contributed by atoms with Crippen molar-refractivity contribution in [3.8, 4) is 0 Å². The number of aromatic nitrogens is 1. The second-order valence-electron chi connectivity index (χ2n) is 7.15. The second kappa shape index (κ2) is 6.85. The molecule has 1 fully saturated rings. The van der Waals surface area contributed by atoms with Crippen molar-refractivity contribution in [2.24, 2.45) is 0 Å². The van der Waals surface area contributed by atoms with Gasteiger partial charge in [0.25, 0.3) is 5.91 Å². The van der Waals surface area contributed by atoms with Crippen molar-refractivity contribution in [2.75, 3.05) is 19.3 Å². The number of fused-ring (bicyclic) bond motifs is 1. The molecule has 0 unspecified atom stereocenters. The van der Waals surface area contributed by atoms with Gasteiger partial charge >= 0.3 is 0 Å². The molecule has 0 spiro atoms. The van der Waals surface area contributed by atoms with Crippen LogP contribution < -0.4 is 0 Å². The number of para-hydroxylation sites is 1. The minimum absolute atomic E-state index is 0.0348. The zero-order chi connectivity index (χ0) is 19.0. The van der Waals surface area contributed by atoms with Gasteiger partial charge in [-0.1, -0.05) is 18.2 Å². The third-order valence-corrected chi connectivity index (χ3v) is 6.50. The molecule has 1 N–H and O–H groups in total. The molecule has 1 saturated heterocycles. The van der Waals surface area contributed by atoms with Gasteiger partial charge in [-0.05, 0) is 54.7 Å². The summed E-state index contributed by atoms with van der Waals surface area (Å²) in [6.45, 7) is 1.41. The van der Waals surface area contributed by atoms with E-state index in [1.165, 1.54) is 29.3 Å². The van der Waals surface area contributed by atoms with Crippen LogP contribution in [0.1, 0.15) is 34.7 Å². The lowest BCUT2D eigenvalue weighted by molar-refractivity contribution is 0.0713. The maximum Gasteiger partial charge on any atom is 0.253 e. The molecule has 6 heteroatoms. The Morgan fingerprint density at radius 1 is 1.04 bits per heavy atom. The van der Waals surface area contributed by atoms with Crippen molar-refractivity contribution < 1.29 is 13.2 Å². The van der Waals surface area contributed by atoms with Gasteiger partial charge in [0.2, 0.25) is 0 Å². The Morgan fingerprint density at radius 3 is 2.37 bits per heavy atom. The average molecular weight is 382 g/mol. The number of hydrogen-bond donors (Lipinski definition) is 1. The van der Waals surface area contributed by atoms with Crippen LogP contribution in [0.2, 0.25) is 0 Å². The van der Waals surface area contributed by atoms with Gasteiger partial charge in [-0.15, -0.1) is 0 Å². The summed E-state index contributed by atoms with van der Waals surface area (Å²) in [6.07, 6.45) is 5.11. The van der Waals surface area contributed by atoms with Crippen LogP contribution >= 0.6 is 0 Å². The maximum atomic E-state index is 12.7. The summed E-state index contributed by atoms with van der Waals surface area (Å²) in [6, 6.07) is 14.5. The number of carbonyl (C=O) groups excluding carboxylic acids is 1. The molecular weight excluding hydrogens is 360 g/mol. The summed E-state index contributed by atoms with van der Waals surface area (Å²) in [5.74, 6) is 0.408. The van der Waals surface area contributed by atoms with Crippen molar-refractivity contribution in [3.63, 3.8) is 0 Å².